The van der Waals surface area contributed by atoms with Crippen LogP contribution in [0.5, 0.6) is 0 Å². The average Bonchev–Trinajstić information content (AvgIpc) is 2.07. The molecule has 1 unspecified atom stereocenters. The van der Waals surface area contributed by atoms with Gasteiger partial charge in [-0.25, -0.2) is 0 Å². The molecular formula is C8H17NO2. The van der Waals surface area contributed by atoms with Gasteiger partial charge in [-0.15, -0.1) is 0 Å². The highest BCUT2D eigenvalue weighted by Gasteiger charge is 2.11. The van der Waals surface area contributed by atoms with E-state index in [0.29, 0.717) is 13.2 Å². The molecule has 1 atom stereocenters. The maximum absolute atomic E-state index is 5.49. The van der Waals surface area contributed by atoms with Gasteiger partial charge in [0.25, 0.3) is 0 Å². The van der Waals surface area contributed by atoms with Crippen LogP contribution in [0, 0.1) is 0 Å². The smallest absolute Gasteiger partial charge is 0.108 e. The minimum absolute atomic E-state index is 0.277. The van der Waals surface area contributed by atoms with Crippen LogP contribution in [0.3, 0.4) is 0 Å². The van der Waals surface area contributed by atoms with Crippen LogP contribution >= 0.6 is 0 Å². The molecular weight excluding hydrogens is 142 g/mol. The number of piperidine rings is 1. The lowest BCUT2D eigenvalue weighted by Crippen LogP contribution is -2.36. The van der Waals surface area contributed by atoms with Crippen molar-refractivity contribution in [3.63, 3.8) is 0 Å². The van der Waals surface area contributed by atoms with E-state index in [1.807, 2.05) is 0 Å². The van der Waals surface area contributed by atoms with Crippen LogP contribution in [-0.2, 0) is 9.47 Å². The summed E-state index contributed by atoms with van der Waals surface area (Å²) < 4.78 is 10.4. The summed E-state index contributed by atoms with van der Waals surface area (Å²) >= 11 is 0. The van der Waals surface area contributed by atoms with Crippen molar-refractivity contribution in [2.24, 2.45) is 0 Å². The molecule has 1 aliphatic rings. The summed E-state index contributed by atoms with van der Waals surface area (Å²) in [7, 11) is 1.69. The molecule has 0 bridgehead atoms. The molecule has 1 heterocycles. The largest absolute Gasteiger partial charge is 0.382 e. The fourth-order valence-corrected chi connectivity index (χ4v) is 1.24. The normalized spacial score (nSPS) is 25.4. The van der Waals surface area contributed by atoms with E-state index in [-0.39, 0.29) is 6.23 Å². The quantitative estimate of drug-likeness (QED) is 0.614. The van der Waals surface area contributed by atoms with Crippen LogP contribution in [0.4, 0.5) is 0 Å². The molecule has 1 saturated heterocycles. The number of hydrogen-bond acceptors (Lipinski definition) is 3. The lowest BCUT2D eigenvalue weighted by atomic mass is 10.1. The highest BCUT2D eigenvalue weighted by Crippen LogP contribution is 2.07. The molecule has 0 amide bonds. The Morgan fingerprint density at radius 1 is 1.36 bits per heavy atom. The second kappa shape index (κ2) is 5.52. The molecule has 11 heavy (non-hydrogen) atoms. The third-order valence-corrected chi connectivity index (χ3v) is 1.87. The summed E-state index contributed by atoms with van der Waals surface area (Å²) in [5.41, 5.74) is 0. The van der Waals surface area contributed by atoms with Gasteiger partial charge in [-0.1, -0.05) is 0 Å². The Bertz CT molecular complexity index is 92.1. The second-order valence-electron chi connectivity index (χ2n) is 2.80. The maximum atomic E-state index is 5.49. The molecule has 3 heteroatoms. The van der Waals surface area contributed by atoms with Gasteiger partial charge in [0.05, 0.1) is 13.2 Å². The van der Waals surface area contributed by atoms with E-state index >= 15 is 0 Å². The molecule has 66 valence electrons. The zero-order chi connectivity index (χ0) is 7.94. The minimum Gasteiger partial charge on any atom is -0.382 e. The highest BCUT2D eigenvalue weighted by atomic mass is 16.5. The van der Waals surface area contributed by atoms with Gasteiger partial charge in [-0.3, -0.25) is 5.32 Å². The number of rotatable bonds is 4. The van der Waals surface area contributed by atoms with Crippen molar-refractivity contribution in [2.45, 2.75) is 25.5 Å². The lowest BCUT2D eigenvalue weighted by Gasteiger charge is -2.23. The zero-order valence-electron chi connectivity index (χ0n) is 7.14. The van der Waals surface area contributed by atoms with Crippen molar-refractivity contribution in [3.8, 4) is 0 Å². The van der Waals surface area contributed by atoms with Gasteiger partial charge >= 0.3 is 0 Å². The standard InChI is InChI=1S/C8H17NO2/c1-10-6-7-11-8-4-2-3-5-9-8/h8-9H,2-7H2,1H3. The Morgan fingerprint density at radius 2 is 2.27 bits per heavy atom. The molecule has 0 aromatic heterocycles. The van der Waals surface area contributed by atoms with E-state index in [1.165, 1.54) is 12.8 Å². The summed E-state index contributed by atoms with van der Waals surface area (Å²) in [6, 6.07) is 0. The molecule has 1 rings (SSSR count). The number of nitrogens with one attached hydrogen (secondary N) is 1. The first kappa shape index (κ1) is 8.97. The molecule has 0 aromatic carbocycles. The van der Waals surface area contributed by atoms with Gasteiger partial charge < -0.3 is 9.47 Å². The van der Waals surface area contributed by atoms with Gasteiger partial charge in [0.15, 0.2) is 0 Å². The monoisotopic (exact) mass is 159 g/mol. The topological polar surface area (TPSA) is 30.5 Å². The van der Waals surface area contributed by atoms with Crippen molar-refractivity contribution < 1.29 is 9.47 Å². The Kier molecular flexibility index (Phi) is 4.50. The molecule has 1 fully saturated rings. The molecule has 0 aliphatic carbocycles. The Labute approximate surface area is 68.1 Å². The first-order valence-corrected chi connectivity index (χ1v) is 4.27. The third kappa shape index (κ3) is 3.70. The van der Waals surface area contributed by atoms with Crippen LogP contribution in [0.2, 0.25) is 0 Å². The van der Waals surface area contributed by atoms with E-state index in [2.05, 4.69) is 5.32 Å². The first-order chi connectivity index (χ1) is 5.43. The van der Waals surface area contributed by atoms with E-state index in [0.717, 1.165) is 13.0 Å². The van der Waals surface area contributed by atoms with Crippen LogP contribution < -0.4 is 5.32 Å². The first-order valence-electron chi connectivity index (χ1n) is 4.27. The van der Waals surface area contributed by atoms with Crippen LogP contribution in [0.15, 0.2) is 0 Å². The predicted molar refractivity (Wildman–Crippen MR) is 43.5 cm³/mol. The van der Waals surface area contributed by atoms with Crippen molar-refractivity contribution >= 4 is 0 Å². The lowest BCUT2D eigenvalue weighted by molar-refractivity contribution is -0.0127. The van der Waals surface area contributed by atoms with Crippen molar-refractivity contribution in [2.75, 3.05) is 26.9 Å². The molecule has 0 aromatic rings. The predicted octanol–water partition coefficient (Wildman–Crippen LogP) is 0.749. The Hall–Kier alpha value is -0.120. The van der Waals surface area contributed by atoms with Gasteiger partial charge in [-0.05, 0) is 25.8 Å². The SMILES string of the molecule is COCCOC1CCCCN1. The van der Waals surface area contributed by atoms with E-state index in [1.54, 1.807) is 7.11 Å². The second-order valence-corrected chi connectivity index (χ2v) is 2.80. The van der Waals surface area contributed by atoms with Crippen LogP contribution in [0.1, 0.15) is 19.3 Å². The molecule has 1 aliphatic heterocycles. The van der Waals surface area contributed by atoms with Crippen LogP contribution in [-0.4, -0.2) is 33.1 Å². The maximum Gasteiger partial charge on any atom is 0.108 e. The average molecular weight is 159 g/mol. The van der Waals surface area contributed by atoms with Crippen molar-refractivity contribution in [1.82, 2.24) is 5.32 Å². The number of methoxy groups -OCH3 is 1. The van der Waals surface area contributed by atoms with Gasteiger partial charge in [0.2, 0.25) is 0 Å². The molecule has 0 saturated carbocycles. The summed E-state index contributed by atoms with van der Waals surface area (Å²) in [4.78, 5) is 0. The number of hydrogen-bond donors (Lipinski definition) is 1. The summed E-state index contributed by atoms with van der Waals surface area (Å²) in [6.45, 7) is 2.49. The fourth-order valence-electron chi connectivity index (χ4n) is 1.24. The number of ether oxygens (including phenoxy) is 2. The zero-order valence-corrected chi connectivity index (χ0v) is 7.14. The van der Waals surface area contributed by atoms with E-state index in [4.69, 9.17) is 9.47 Å². The third-order valence-electron chi connectivity index (χ3n) is 1.87. The summed E-state index contributed by atoms with van der Waals surface area (Å²) in [5, 5.41) is 3.30. The van der Waals surface area contributed by atoms with E-state index in [9.17, 15) is 0 Å². The summed E-state index contributed by atoms with van der Waals surface area (Å²) in [5.74, 6) is 0. The van der Waals surface area contributed by atoms with Gasteiger partial charge in [0.1, 0.15) is 6.23 Å². The Morgan fingerprint density at radius 3 is 2.91 bits per heavy atom. The van der Waals surface area contributed by atoms with E-state index < -0.39 is 0 Å². The minimum atomic E-state index is 0.277. The molecule has 1 N–H and O–H groups in total. The van der Waals surface area contributed by atoms with Gasteiger partial charge in [-0.2, -0.15) is 0 Å². The van der Waals surface area contributed by atoms with Crippen molar-refractivity contribution in [3.05, 3.63) is 0 Å². The molecule has 0 radical (unpaired) electrons. The fraction of sp³-hybridized carbons (Fsp3) is 1.00. The molecule has 3 nitrogen and oxygen atoms in total. The van der Waals surface area contributed by atoms with Crippen molar-refractivity contribution in [1.29, 1.82) is 0 Å². The van der Waals surface area contributed by atoms with Crippen LogP contribution in [0.25, 0.3) is 0 Å². The summed E-state index contributed by atoms with van der Waals surface area (Å²) in [6.07, 6.45) is 3.98. The Balaban J connectivity index is 1.96. The highest BCUT2D eigenvalue weighted by molar-refractivity contribution is 4.63. The van der Waals surface area contributed by atoms with Gasteiger partial charge in [0, 0.05) is 7.11 Å². The molecule has 0 spiro atoms.